The summed E-state index contributed by atoms with van der Waals surface area (Å²) in [6.45, 7) is 5.23. The number of anilines is 1. The molecule has 0 unspecified atom stereocenters. The molecule has 1 aliphatic carbocycles. The lowest BCUT2D eigenvalue weighted by atomic mass is 10.0. The molecule has 1 amide bonds. The number of nitrogens with zero attached hydrogens (tertiary/aromatic N) is 4. The molecule has 3 aromatic heterocycles. The highest BCUT2D eigenvalue weighted by molar-refractivity contribution is 6.12. The van der Waals surface area contributed by atoms with Crippen LogP contribution in [0.25, 0.3) is 11.1 Å². The number of rotatable bonds is 7. The number of amides is 1. The van der Waals surface area contributed by atoms with Crippen LogP contribution < -0.4 is 5.32 Å². The molecule has 0 atom stereocenters. The van der Waals surface area contributed by atoms with Crippen molar-refractivity contribution in [2.24, 2.45) is 0 Å². The minimum atomic E-state index is -0.208. The van der Waals surface area contributed by atoms with Crippen molar-refractivity contribution in [3.05, 3.63) is 35.4 Å². The summed E-state index contributed by atoms with van der Waals surface area (Å²) in [6.07, 6.45) is 5.60. The van der Waals surface area contributed by atoms with Crippen molar-refractivity contribution in [1.29, 1.82) is 0 Å². The summed E-state index contributed by atoms with van der Waals surface area (Å²) >= 11 is 0. The lowest BCUT2D eigenvalue weighted by Crippen LogP contribution is -2.13. The molecule has 0 saturated heterocycles. The van der Waals surface area contributed by atoms with Crippen molar-refractivity contribution in [2.45, 2.75) is 45.1 Å². The molecule has 27 heavy (non-hydrogen) atoms. The van der Waals surface area contributed by atoms with E-state index in [9.17, 15) is 4.79 Å². The molecule has 0 aliphatic heterocycles. The number of methoxy groups -OCH3 is 1. The van der Waals surface area contributed by atoms with Crippen molar-refractivity contribution in [2.75, 3.05) is 19.0 Å². The van der Waals surface area contributed by atoms with Gasteiger partial charge < -0.3 is 14.6 Å². The highest BCUT2D eigenvalue weighted by Gasteiger charge is 2.29. The number of fused-ring (bicyclic) bond motifs is 1. The topological polar surface area (TPSA) is 95.1 Å². The Kier molecular flexibility index (Phi) is 4.65. The van der Waals surface area contributed by atoms with Gasteiger partial charge >= 0.3 is 0 Å². The Labute approximate surface area is 156 Å². The summed E-state index contributed by atoms with van der Waals surface area (Å²) in [5, 5.41) is 12.0. The molecule has 1 fully saturated rings. The number of pyridine rings is 1. The van der Waals surface area contributed by atoms with Crippen molar-refractivity contribution < 1.29 is 14.1 Å². The van der Waals surface area contributed by atoms with Gasteiger partial charge in [0, 0.05) is 24.9 Å². The molecule has 4 rings (SSSR count). The number of carbonyl (C=O) groups is 1. The van der Waals surface area contributed by atoms with E-state index < -0.39 is 0 Å². The van der Waals surface area contributed by atoms with Crippen LogP contribution in [0.5, 0.6) is 0 Å². The maximum absolute atomic E-state index is 13.0. The van der Waals surface area contributed by atoms with Gasteiger partial charge in [-0.2, -0.15) is 5.10 Å². The van der Waals surface area contributed by atoms with Crippen LogP contribution in [-0.4, -0.2) is 39.5 Å². The molecule has 0 bridgehead atoms. The lowest BCUT2D eigenvalue weighted by Gasteiger charge is -2.08. The third-order valence-electron chi connectivity index (χ3n) is 4.70. The number of ether oxygens (including phenoxy) is 1. The molecule has 142 valence electrons. The largest absolute Gasteiger partial charge is 0.383 e. The van der Waals surface area contributed by atoms with E-state index in [1.165, 1.54) is 0 Å². The Balaban J connectivity index is 1.67. The molecule has 3 aromatic rings. The third-order valence-corrected chi connectivity index (χ3v) is 4.70. The first kappa shape index (κ1) is 17.7. The summed E-state index contributed by atoms with van der Waals surface area (Å²) in [7, 11) is 1.64. The van der Waals surface area contributed by atoms with Crippen LogP contribution in [0, 0.1) is 0 Å². The predicted molar refractivity (Wildman–Crippen MR) is 99.9 cm³/mol. The quantitative estimate of drug-likeness (QED) is 0.686. The predicted octanol–water partition coefficient (Wildman–Crippen LogP) is 3.32. The molecule has 1 saturated carbocycles. The highest BCUT2D eigenvalue weighted by Crippen LogP contribution is 2.41. The Morgan fingerprint density at radius 3 is 2.96 bits per heavy atom. The molecular weight excluding hydrogens is 346 g/mol. The van der Waals surface area contributed by atoms with Gasteiger partial charge in [0.1, 0.15) is 0 Å². The minimum Gasteiger partial charge on any atom is -0.383 e. The maximum atomic E-state index is 13.0. The van der Waals surface area contributed by atoms with Gasteiger partial charge in [0.15, 0.2) is 0 Å². The molecule has 3 heterocycles. The van der Waals surface area contributed by atoms with E-state index in [4.69, 9.17) is 9.26 Å². The van der Waals surface area contributed by atoms with Gasteiger partial charge in [0.2, 0.25) is 0 Å². The maximum Gasteiger partial charge on any atom is 0.259 e. The van der Waals surface area contributed by atoms with Crippen LogP contribution in [0.4, 0.5) is 5.69 Å². The SMILES string of the molecule is COCCn1cc(NC(=O)c2cc(C3CC3)nc3onc(C(C)C)c23)cn1. The van der Waals surface area contributed by atoms with Gasteiger partial charge in [-0.3, -0.25) is 9.48 Å². The number of nitrogens with one attached hydrogen (secondary N) is 1. The van der Waals surface area contributed by atoms with Crippen LogP contribution in [0.15, 0.2) is 23.0 Å². The van der Waals surface area contributed by atoms with Crippen molar-refractivity contribution in [3.63, 3.8) is 0 Å². The molecule has 1 aliphatic rings. The fourth-order valence-electron chi connectivity index (χ4n) is 3.09. The smallest absolute Gasteiger partial charge is 0.259 e. The number of hydrogen-bond acceptors (Lipinski definition) is 6. The van der Waals surface area contributed by atoms with Gasteiger partial charge in [-0.15, -0.1) is 0 Å². The van der Waals surface area contributed by atoms with Gasteiger partial charge in [-0.05, 0) is 24.8 Å². The highest BCUT2D eigenvalue weighted by atomic mass is 16.5. The van der Waals surface area contributed by atoms with Gasteiger partial charge in [0.05, 0.1) is 41.7 Å². The second-order valence-electron chi connectivity index (χ2n) is 7.21. The van der Waals surface area contributed by atoms with E-state index in [0.29, 0.717) is 41.4 Å². The van der Waals surface area contributed by atoms with Crippen LogP contribution in [0.1, 0.15) is 60.3 Å². The van der Waals surface area contributed by atoms with Gasteiger partial charge in [-0.25, -0.2) is 4.98 Å². The normalized spacial score (nSPS) is 14.2. The second kappa shape index (κ2) is 7.11. The lowest BCUT2D eigenvalue weighted by molar-refractivity contribution is 0.102. The zero-order chi connectivity index (χ0) is 19.0. The first-order chi connectivity index (χ1) is 13.1. The van der Waals surface area contributed by atoms with Crippen molar-refractivity contribution in [3.8, 4) is 0 Å². The molecule has 1 N–H and O–H groups in total. The summed E-state index contributed by atoms with van der Waals surface area (Å²) in [5.41, 5.74) is 3.27. The van der Waals surface area contributed by atoms with Gasteiger partial charge in [-0.1, -0.05) is 19.0 Å². The molecular formula is C19H23N5O3. The molecule has 0 aromatic carbocycles. The summed E-state index contributed by atoms with van der Waals surface area (Å²) in [6, 6.07) is 1.88. The standard InChI is InChI=1S/C19H23N5O3/c1-11(2)17-16-14(8-15(12-4-5-12)22-19(16)27-23-17)18(25)21-13-9-20-24(10-13)6-7-26-3/h8-12H,4-7H2,1-3H3,(H,21,25). The Hall–Kier alpha value is -2.74. The minimum absolute atomic E-state index is 0.128. The van der Waals surface area contributed by atoms with E-state index in [-0.39, 0.29) is 11.8 Å². The average Bonchev–Trinajstić information content (AvgIpc) is 3.26. The fraction of sp³-hybridized carbons (Fsp3) is 0.474. The number of carbonyl (C=O) groups excluding carboxylic acids is 1. The zero-order valence-electron chi connectivity index (χ0n) is 15.7. The van der Waals surface area contributed by atoms with Crippen molar-refractivity contribution >= 4 is 22.7 Å². The van der Waals surface area contributed by atoms with Crippen molar-refractivity contribution in [1.82, 2.24) is 19.9 Å². The van der Waals surface area contributed by atoms with Crippen LogP contribution in [-0.2, 0) is 11.3 Å². The second-order valence-corrected chi connectivity index (χ2v) is 7.21. The average molecular weight is 369 g/mol. The van der Waals surface area contributed by atoms with Crippen LogP contribution in [0.2, 0.25) is 0 Å². The third kappa shape index (κ3) is 3.57. The van der Waals surface area contributed by atoms with Crippen LogP contribution in [0.3, 0.4) is 0 Å². The number of aromatic nitrogens is 4. The first-order valence-electron chi connectivity index (χ1n) is 9.19. The van der Waals surface area contributed by atoms with E-state index in [0.717, 1.165) is 24.2 Å². The summed E-state index contributed by atoms with van der Waals surface area (Å²) < 4.78 is 12.2. The van der Waals surface area contributed by atoms with E-state index in [1.54, 1.807) is 24.2 Å². The summed E-state index contributed by atoms with van der Waals surface area (Å²) in [4.78, 5) is 17.6. The molecule has 8 heteroatoms. The zero-order valence-corrected chi connectivity index (χ0v) is 15.7. The Morgan fingerprint density at radius 1 is 1.44 bits per heavy atom. The first-order valence-corrected chi connectivity index (χ1v) is 9.19. The Morgan fingerprint density at radius 2 is 2.26 bits per heavy atom. The van der Waals surface area contributed by atoms with Crippen LogP contribution >= 0.6 is 0 Å². The summed E-state index contributed by atoms with van der Waals surface area (Å²) in [5.74, 6) is 0.328. The fourth-order valence-corrected chi connectivity index (χ4v) is 3.09. The molecule has 0 spiro atoms. The van der Waals surface area contributed by atoms with E-state index >= 15 is 0 Å². The van der Waals surface area contributed by atoms with E-state index in [2.05, 4.69) is 20.6 Å². The number of hydrogen-bond donors (Lipinski definition) is 1. The van der Waals surface area contributed by atoms with Gasteiger partial charge in [0.25, 0.3) is 11.6 Å². The molecule has 0 radical (unpaired) electrons. The molecule has 8 nitrogen and oxygen atoms in total. The Bertz CT molecular complexity index is 971. The monoisotopic (exact) mass is 369 g/mol. The van der Waals surface area contributed by atoms with E-state index in [1.807, 2.05) is 19.9 Å².